The van der Waals surface area contributed by atoms with Gasteiger partial charge in [-0.25, -0.2) is 9.98 Å². The van der Waals surface area contributed by atoms with Crippen LogP contribution in [0.2, 0.25) is 0 Å². The molecule has 0 unspecified atom stereocenters. The second-order valence-electron chi connectivity index (χ2n) is 5.77. The van der Waals surface area contributed by atoms with Crippen LogP contribution in [0.15, 0.2) is 4.99 Å². The Morgan fingerprint density at radius 3 is 2.64 bits per heavy atom. The van der Waals surface area contributed by atoms with E-state index in [-0.39, 0.29) is 0 Å². The van der Waals surface area contributed by atoms with Gasteiger partial charge in [-0.15, -0.1) is 11.3 Å². The van der Waals surface area contributed by atoms with E-state index in [9.17, 15) is 0 Å². The average molecular weight is 324 g/mol. The first kappa shape index (κ1) is 17.2. The molecule has 1 aliphatic heterocycles. The van der Waals surface area contributed by atoms with Crippen LogP contribution in [0.4, 0.5) is 0 Å². The number of piperidine rings is 1. The lowest BCUT2D eigenvalue weighted by Gasteiger charge is -2.26. The second kappa shape index (κ2) is 9.10. The summed E-state index contributed by atoms with van der Waals surface area (Å²) in [7, 11) is 0. The SMILES string of the molecule is CCNC(=NCc1nc(C)c(C)s1)NCCN1CCCCC1. The van der Waals surface area contributed by atoms with Crippen LogP contribution in [-0.4, -0.2) is 48.6 Å². The Morgan fingerprint density at radius 2 is 2.00 bits per heavy atom. The predicted octanol–water partition coefficient (Wildman–Crippen LogP) is 2.30. The summed E-state index contributed by atoms with van der Waals surface area (Å²) < 4.78 is 0. The number of rotatable bonds is 6. The van der Waals surface area contributed by atoms with Gasteiger partial charge in [0.25, 0.3) is 0 Å². The molecule has 0 aliphatic carbocycles. The maximum Gasteiger partial charge on any atom is 0.191 e. The smallest absolute Gasteiger partial charge is 0.191 e. The highest BCUT2D eigenvalue weighted by Crippen LogP contribution is 2.16. The van der Waals surface area contributed by atoms with Gasteiger partial charge in [-0.2, -0.15) is 0 Å². The van der Waals surface area contributed by atoms with Crippen molar-refractivity contribution in [2.45, 2.75) is 46.6 Å². The summed E-state index contributed by atoms with van der Waals surface area (Å²) in [5.74, 6) is 0.894. The highest BCUT2D eigenvalue weighted by atomic mass is 32.1. The maximum atomic E-state index is 4.64. The van der Waals surface area contributed by atoms with Gasteiger partial charge in [0.1, 0.15) is 5.01 Å². The molecule has 1 aromatic rings. The van der Waals surface area contributed by atoms with Crippen molar-refractivity contribution in [1.29, 1.82) is 0 Å². The third-order valence-corrected chi connectivity index (χ3v) is 5.02. The van der Waals surface area contributed by atoms with E-state index in [2.05, 4.69) is 46.3 Å². The number of aryl methyl sites for hydroxylation is 2. The number of nitrogens with one attached hydrogen (secondary N) is 2. The van der Waals surface area contributed by atoms with Crippen LogP contribution in [0.25, 0.3) is 0 Å². The average Bonchev–Trinajstić information content (AvgIpc) is 2.84. The maximum absolute atomic E-state index is 4.64. The summed E-state index contributed by atoms with van der Waals surface area (Å²) in [5, 5.41) is 7.83. The van der Waals surface area contributed by atoms with E-state index in [1.807, 2.05) is 0 Å². The number of thiazole rings is 1. The first-order valence-corrected chi connectivity index (χ1v) is 9.18. The van der Waals surface area contributed by atoms with Crippen molar-refractivity contribution >= 4 is 17.3 Å². The molecule has 2 N–H and O–H groups in total. The molecule has 5 nitrogen and oxygen atoms in total. The lowest BCUT2D eigenvalue weighted by atomic mass is 10.1. The Hall–Kier alpha value is -1.14. The Morgan fingerprint density at radius 1 is 1.23 bits per heavy atom. The van der Waals surface area contributed by atoms with Crippen LogP contribution in [0.5, 0.6) is 0 Å². The molecule has 2 rings (SSSR count). The van der Waals surface area contributed by atoms with Crippen molar-refractivity contribution in [2.75, 3.05) is 32.7 Å². The number of hydrogen-bond acceptors (Lipinski definition) is 4. The van der Waals surface area contributed by atoms with Crippen LogP contribution in [-0.2, 0) is 6.54 Å². The summed E-state index contributed by atoms with van der Waals surface area (Å²) in [5.41, 5.74) is 1.12. The van der Waals surface area contributed by atoms with Gasteiger partial charge in [0.2, 0.25) is 0 Å². The summed E-state index contributed by atoms with van der Waals surface area (Å²) in [6.45, 7) is 12.3. The first-order valence-electron chi connectivity index (χ1n) is 8.36. The topological polar surface area (TPSA) is 52.6 Å². The zero-order chi connectivity index (χ0) is 15.8. The van der Waals surface area contributed by atoms with E-state index in [0.29, 0.717) is 6.54 Å². The zero-order valence-corrected chi connectivity index (χ0v) is 14.9. The summed E-state index contributed by atoms with van der Waals surface area (Å²) in [6, 6.07) is 0. The monoisotopic (exact) mass is 323 g/mol. The van der Waals surface area contributed by atoms with Crippen molar-refractivity contribution in [1.82, 2.24) is 20.5 Å². The Labute approximate surface area is 138 Å². The number of hydrogen-bond donors (Lipinski definition) is 2. The molecule has 0 radical (unpaired) electrons. The fraction of sp³-hybridized carbons (Fsp3) is 0.750. The van der Waals surface area contributed by atoms with E-state index in [1.165, 1.54) is 37.2 Å². The predicted molar refractivity (Wildman–Crippen MR) is 94.7 cm³/mol. The van der Waals surface area contributed by atoms with Gasteiger partial charge in [0, 0.05) is 24.5 Å². The van der Waals surface area contributed by atoms with Gasteiger partial charge >= 0.3 is 0 Å². The molecule has 1 saturated heterocycles. The Balaban J connectivity index is 1.78. The van der Waals surface area contributed by atoms with Crippen molar-refractivity contribution in [3.8, 4) is 0 Å². The van der Waals surface area contributed by atoms with Crippen molar-refractivity contribution in [3.05, 3.63) is 15.6 Å². The lowest BCUT2D eigenvalue weighted by molar-refractivity contribution is 0.232. The van der Waals surface area contributed by atoms with E-state index in [4.69, 9.17) is 0 Å². The number of aliphatic imine (C=N–C) groups is 1. The highest BCUT2D eigenvalue weighted by Gasteiger charge is 2.09. The summed E-state index contributed by atoms with van der Waals surface area (Å²) >= 11 is 1.74. The zero-order valence-electron chi connectivity index (χ0n) is 14.1. The molecule has 0 spiro atoms. The van der Waals surface area contributed by atoms with Gasteiger partial charge in [-0.05, 0) is 46.7 Å². The molecule has 0 aromatic carbocycles. The van der Waals surface area contributed by atoms with Gasteiger partial charge in [-0.3, -0.25) is 0 Å². The standard InChI is InChI=1S/C16H29N5S/c1-4-17-16(18-8-11-21-9-6-5-7-10-21)19-12-15-20-13(2)14(3)22-15/h4-12H2,1-3H3,(H2,17,18,19). The van der Waals surface area contributed by atoms with Crippen LogP contribution < -0.4 is 10.6 Å². The Kier molecular flexibility index (Phi) is 7.12. The number of likely N-dealkylation sites (tertiary alicyclic amines) is 1. The molecule has 6 heteroatoms. The normalized spacial score (nSPS) is 16.8. The van der Waals surface area contributed by atoms with Crippen LogP contribution >= 0.6 is 11.3 Å². The quantitative estimate of drug-likeness (QED) is 0.623. The fourth-order valence-corrected chi connectivity index (χ4v) is 3.47. The van der Waals surface area contributed by atoms with Crippen molar-refractivity contribution < 1.29 is 0 Å². The molecule has 124 valence electrons. The minimum atomic E-state index is 0.651. The van der Waals surface area contributed by atoms with Gasteiger partial charge < -0.3 is 15.5 Å². The molecule has 1 aromatic heterocycles. The Bertz CT molecular complexity index is 457. The van der Waals surface area contributed by atoms with E-state index in [1.54, 1.807) is 11.3 Å². The summed E-state index contributed by atoms with van der Waals surface area (Å²) in [4.78, 5) is 13.0. The molecule has 2 heterocycles. The number of nitrogens with zero attached hydrogens (tertiary/aromatic N) is 3. The molecule has 0 amide bonds. The fourth-order valence-electron chi connectivity index (χ4n) is 2.61. The van der Waals surface area contributed by atoms with Crippen molar-refractivity contribution in [2.24, 2.45) is 4.99 Å². The minimum absolute atomic E-state index is 0.651. The molecule has 0 atom stereocenters. The molecular weight excluding hydrogens is 294 g/mol. The van der Waals surface area contributed by atoms with E-state index >= 15 is 0 Å². The molecular formula is C16H29N5S. The lowest BCUT2D eigenvalue weighted by Crippen LogP contribution is -2.42. The molecule has 22 heavy (non-hydrogen) atoms. The van der Waals surface area contributed by atoms with Gasteiger partial charge in [0.15, 0.2) is 5.96 Å². The minimum Gasteiger partial charge on any atom is -0.357 e. The third kappa shape index (κ3) is 5.57. The van der Waals surface area contributed by atoms with E-state index < -0.39 is 0 Å². The molecule has 1 aliphatic rings. The highest BCUT2D eigenvalue weighted by molar-refractivity contribution is 7.11. The van der Waals surface area contributed by atoms with Crippen LogP contribution in [0.1, 0.15) is 41.8 Å². The largest absolute Gasteiger partial charge is 0.357 e. The van der Waals surface area contributed by atoms with Gasteiger partial charge in [0.05, 0.1) is 12.2 Å². The molecule has 0 saturated carbocycles. The number of guanidine groups is 1. The third-order valence-electron chi connectivity index (χ3n) is 3.96. The van der Waals surface area contributed by atoms with Crippen LogP contribution in [0, 0.1) is 13.8 Å². The number of aromatic nitrogens is 1. The van der Waals surface area contributed by atoms with Gasteiger partial charge in [-0.1, -0.05) is 6.42 Å². The molecule has 0 bridgehead atoms. The van der Waals surface area contributed by atoms with Crippen molar-refractivity contribution in [3.63, 3.8) is 0 Å². The van der Waals surface area contributed by atoms with Crippen LogP contribution in [0.3, 0.4) is 0 Å². The molecule has 1 fully saturated rings. The second-order valence-corrected chi connectivity index (χ2v) is 7.06. The summed E-state index contributed by atoms with van der Waals surface area (Å²) in [6.07, 6.45) is 4.08. The first-order chi connectivity index (χ1) is 10.7. The van der Waals surface area contributed by atoms with E-state index in [0.717, 1.165) is 36.3 Å².